The van der Waals surface area contributed by atoms with E-state index in [1.807, 2.05) is 65.8 Å². The largest absolute Gasteiger partial charge is 0.354 e. The van der Waals surface area contributed by atoms with Gasteiger partial charge in [0, 0.05) is 39.1 Å². The summed E-state index contributed by atoms with van der Waals surface area (Å²) in [6, 6.07) is 2.74. The third kappa shape index (κ3) is 10.8. The molecule has 1 aliphatic heterocycles. The van der Waals surface area contributed by atoms with Crippen LogP contribution in [0.2, 0.25) is 0 Å². The molecule has 3 rings (SSSR count). The van der Waals surface area contributed by atoms with Gasteiger partial charge < -0.3 is 26.2 Å². The number of alkyl halides is 2. The van der Waals surface area contributed by atoms with Crippen molar-refractivity contribution in [3.8, 4) is 0 Å². The average Bonchev–Trinajstić information content (AvgIpc) is 3.30. The summed E-state index contributed by atoms with van der Waals surface area (Å²) < 4.78 is 52.7. The maximum Gasteiger partial charge on any atom is 0.315 e. The van der Waals surface area contributed by atoms with Crippen LogP contribution in [-0.2, 0) is 30.8 Å². The van der Waals surface area contributed by atoms with Gasteiger partial charge in [-0.25, -0.2) is 26.3 Å². The first-order valence-corrected chi connectivity index (χ1v) is 19.3. The van der Waals surface area contributed by atoms with Crippen LogP contribution in [0, 0.1) is 35.0 Å². The van der Waals surface area contributed by atoms with Crippen molar-refractivity contribution in [1.82, 2.24) is 30.5 Å². The Hall–Kier alpha value is -3.33. The maximum atomic E-state index is 14.3. The topological polar surface area (TPSA) is 157 Å². The van der Waals surface area contributed by atoms with E-state index >= 15 is 0 Å². The molecule has 0 unspecified atom stereocenters. The number of urea groups is 1. The Bertz CT molecular complexity index is 1540. The van der Waals surface area contributed by atoms with Crippen molar-refractivity contribution < 1.29 is 36.4 Å². The molecule has 1 heterocycles. The Kier molecular flexibility index (Phi) is 13.0. The van der Waals surface area contributed by atoms with Gasteiger partial charge in [0.25, 0.3) is 0 Å². The van der Waals surface area contributed by atoms with Crippen molar-refractivity contribution in [2.45, 2.75) is 106 Å². The molecule has 5 amide bonds. The molecule has 51 heavy (non-hydrogen) atoms. The molecule has 1 saturated heterocycles. The Morgan fingerprint density at radius 2 is 1.57 bits per heavy atom. The van der Waals surface area contributed by atoms with Crippen LogP contribution in [0.5, 0.6) is 0 Å². The van der Waals surface area contributed by atoms with Crippen molar-refractivity contribution in [2.24, 2.45) is 28.1 Å². The van der Waals surface area contributed by atoms with Crippen molar-refractivity contribution in [3.63, 3.8) is 0 Å². The van der Waals surface area contributed by atoms with Crippen molar-refractivity contribution in [1.29, 1.82) is 0 Å². The normalized spacial score (nSPS) is 21.8. The smallest absolute Gasteiger partial charge is 0.315 e. The number of carbonyl (C=O) groups excluding carboxylic acids is 4. The van der Waals surface area contributed by atoms with E-state index in [9.17, 15) is 36.4 Å². The number of benzene rings is 1. The van der Waals surface area contributed by atoms with Gasteiger partial charge in [-0.2, -0.15) is 0 Å². The van der Waals surface area contributed by atoms with Crippen LogP contribution in [0.1, 0.15) is 72.9 Å². The molecule has 0 aromatic heterocycles. The van der Waals surface area contributed by atoms with Crippen molar-refractivity contribution in [2.75, 3.05) is 32.9 Å². The lowest BCUT2D eigenvalue weighted by molar-refractivity contribution is -0.144. The maximum absolute atomic E-state index is 14.3. The number of halogens is 2. The number of nitrogens with one attached hydrogen (secondary N) is 4. The fourth-order valence-corrected chi connectivity index (χ4v) is 7.18. The van der Waals surface area contributed by atoms with Crippen molar-refractivity contribution >= 4 is 33.8 Å². The highest BCUT2D eigenvalue weighted by Crippen LogP contribution is 2.65. The molecule has 15 heteroatoms. The fraction of sp³-hybridized carbons (Fsp3) is 0.722. The number of rotatable bonds is 14. The lowest BCUT2D eigenvalue weighted by Gasteiger charge is -2.39. The second-order valence-electron chi connectivity index (χ2n) is 17.0. The zero-order valence-corrected chi connectivity index (χ0v) is 32.7. The highest BCUT2D eigenvalue weighted by molar-refractivity contribution is 7.88. The van der Waals surface area contributed by atoms with Crippen LogP contribution in [0.15, 0.2) is 24.3 Å². The zero-order chi connectivity index (χ0) is 38.9. The van der Waals surface area contributed by atoms with Crippen LogP contribution in [0.3, 0.4) is 0 Å². The van der Waals surface area contributed by atoms with Gasteiger partial charge in [0.05, 0.1) is 6.26 Å². The highest BCUT2D eigenvalue weighted by Gasteiger charge is 2.70. The molecule has 0 spiro atoms. The van der Waals surface area contributed by atoms with Gasteiger partial charge in [-0.1, -0.05) is 85.2 Å². The fourth-order valence-electron chi connectivity index (χ4n) is 6.76. The molecule has 0 bridgehead atoms. The lowest BCUT2D eigenvalue weighted by Crippen LogP contribution is -2.62. The first-order chi connectivity index (χ1) is 23.2. The number of hydrogen-bond donors (Lipinski definition) is 4. The molecule has 2 aliphatic rings. The highest BCUT2D eigenvalue weighted by atomic mass is 32.2. The minimum absolute atomic E-state index is 0.00396. The molecule has 0 radical (unpaired) electrons. The molecule has 12 nitrogen and oxygen atoms in total. The van der Waals surface area contributed by atoms with Crippen LogP contribution in [0.25, 0.3) is 0 Å². The molecule has 2 fully saturated rings. The monoisotopic (exact) mass is 740 g/mol. The van der Waals surface area contributed by atoms with E-state index in [0.29, 0.717) is 6.42 Å². The van der Waals surface area contributed by atoms with Crippen LogP contribution >= 0.6 is 0 Å². The van der Waals surface area contributed by atoms with E-state index in [1.165, 1.54) is 11.9 Å². The zero-order valence-electron chi connectivity index (χ0n) is 31.9. The quantitative estimate of drug-likeness (QED) is 0.230. The molecular formula is C36H58F2N6O6S. The number of aryl methyl sites for hydroxylation is 1. The van der Waals surface area contributed by atoms with E-state index in [2.05, 4.69) is 21.3 Å². The third-order valence-corrected chi connectivity index (χ3v) is 11.7. The van der Waals surface area contributed by atoms with Gasteiger partial charge in [-0.05, 0) is 47.0 Å². The average molecular weight is 741 g/mol. The van der Waals surface area contributed by atoms with Gasteiger partial charge >= 0.3 is 6.03 Å². The van der Waals surface area contributed by atoms with Gasteiger partial charge in [0.15, 0.2) is 0 Å². The van der Waals surface area contributed by atoms with E-state index in [0.717, 1.165) is 21.7 Å². The summed E-state index contributed by atoms with van der Waals surface area (Å²) in [7, 11) is -2.11. The standard InChI is InChI=1S/C36H58F2N6O6S/c1-21-12-14-22(15-13-21)16-17-39-30(45)24(18-26(37)38)40-31(46)28-27-23(36(27,8)9)19-44(28)32(47)29(35(5,6)7)42-33(48)41-25(34(2,3)4)20-43(10)51(11,49)50/h12-15,23-29H,16-20H2,1-11H3,(H,39,45)(H,40,46)(H2,41,42,48)/t23-,24-,25+,27-,28-,29+/m0/s1. The second-order valence-corrected chi connectivity index (χ2v) is 19.1. The van der Waals surface area contributed by atoms with Gasteiger partial charge in [0.1, 0.15) is 18.1 Å². The van der Waals surface area contributed by atoms with Gasteiger partial charge in [-0.3, -0.25) is 14.4 Å². The predicted molar refractivity (Wildman–Crippen MR) is 192 cm³/mol. The predicted octanol–water partition coefficient (Wildman–Crippen LogP) is 3.30. The van der Waals surface area contributed by atoms with Crippen LogP contribution in [0.4, 0.5) is 13.6 Å². The molecule has 1 saturated carbocycles. The summed E-state index contributed by atoms with van der Waals surface area (Å²) in [6.45, 7) is 17.2. The number of carbonyl (C=O) groups is 4. The molecule has 1 aromatic carbocycles. The summed E-state index contributed by atoms with van der Waals surface area (Å²) in [5.41, 5.74) is 0.363. The summed E-state index contributed by atoms with van der Waals surface area (Å²) in [6.07, 6.45) is -2.21. The van der Waals surface area contributed by atoms with Crippen LogP contribution in [-0.4, -0.2) is 105 Å². The van der Waals surface area contributed by atoms with Gasteiger partial charge in [0.2, 0.25) is 34.2 Å². The summed E-state index contributed by atoms with van der Waals surface area (Å²) in [4.78, 5) is 56.3. The minimum atomic E-state index is -3.53. The van der Waals surface area contributed by atoms with E-state index in [4.69, 9.17) is 0 Å². The number of nitrogens with zero attached hydrogens (tertiary/aromatic N) is 2. The number of amides is 5. The first kappa shape index (κ1) is 42.1. The molecule has 1 aromatic rings. The Morgan fingerprint density at radius 3 is 2.08 bits per heavy atom. The summed E-state index contributed by atoms with van der Waals surface area (Å²) in [5.74, 6) is -2.27. The third-order valence-electron chi connectivity index (χ3n) is 10.4. The summed E-state index contributed by atoms with van der Waals surface area (Å²) >= 11 is 0. The number of likely N-dealkylation sites (N-methyl/N-ethyl adjacent to an activating group) is 1. The van der Waals surface area contributed by atoms with E-state index in [1.54, 1.807) is 20.8 Å². The lowest BCUT2D eigenvalue weighted by atomic mass is 9.85. The minimum Gasteiger partial charge on any atom is -0.354 e. The number of fused-ring (bicyclic) bond motifs is 1. The number of piperidine rings is 1. The molecular weight excluding hydrogens is 682 g/mol. The number of sulfonamides is 1. The van der Waals surface area contributed by atoms with E-state index in [-0.39, 0.29) is 36.9 Å². The molecule has 288 valence electrons. The van der Waals surface area contributed by atoms with E-state index < -0.39 is 81.6 Å². The van der Waals surface area contributed by atoms with Crippen LogP contribution < -0.4 is 21.3 Å². The summed E-state index contributed by atoms with van der Waals surface area (Å²) in [5, 5.41) is 10.8. The molecule has 6 atom stereocenters. The second kappa shape index (κ2) is 15.7. The Balaban J connectivity index is 1.79. The van der Waals surface area contributed by atoms with Gasteiger partial charge in [-0.15, -0.1) is 0 Å². The molecule has 1 aliphatic carbocycles. The molecule has 4 N–H and O–H groups in total. The number of likely N-dealkylation sites (tertiary alicyclic amines) is 1. The first-order valence-electron chi connectivity index (χ1n) is 17.5. The Labute approximate surface area is 302 Å². The SMILES string of the molecule is Cc1ccc(CCNC(=O)[C@H](CC(F)F)NC(=O)[C@@H]2[C@@H]3[C@H](CN2C(=O)[C@@H](NC(=O)N[C@H](CN(C)S(C)(=O)=O)C(C)(C)C)C(C)(C)C)C3(C)C)cc1. The Morgan fingerprint density at radius 1 is 0.980 bits per heavy atom. The number of hydrogen-bond acceptors (Lipinski definition) is 6. The van der Waals surface area contributed by atoms with Crippen molar-refractivity contribution in [3.05, 3.63) is 35.4 Å².